The third-order valence-corrected chi connectivity index (χ3v) is 9.14. The lowest BCUT2D eigenvalue weighted by Crippen LogP contribution is -2.49. The summed E-state index contributed by atoms with van der Waals surface area (Å²) in [7, 11) is -3.71. The van der Waals surface area contributed by atoms with Gasteiger partial charge in [-0.05, 0) is 52.2 Å². The first-order valence-corrected chi connectivity index (χ1v) is 13.6. The fraction of sp³-hybridized carbons (Fsp3) is 0.391. The molecule has 2 aromatic rings. The van der Waals surface area contributed by atoms with Crippen LogP contribution in [0.2, 0.25) is 5.02 Å². The number of carbonyl (C=O) groups excluding carboxylic acids is 2. The van der Waals surface area contributed by atoms with E-state index in [2.05, 4.69) is 20.8 Å². The number of halogens is 2. The average Bonchev–Trinajstić information content (AvgIpc) is 3.20. The number of nitrogens with zero attached hydrogens (tertiary/aromatic N) is 3. The third kappa shape index (κ3) is 5.05. The van der Waals surface area contributed by atoms with Crippen molar-refractivity contribution in [3.8, 4) is 0 Å². The van der Waals surface area contributed by atoms with Crippen molar-refractivity contribution >= 4 is 60.6 Å². The maximum atomic E-state index is 13.1. The van der Waals surface area contributed by atoms with Gasteiger partial charge in [-0.3, -0.25) is 9.59 Å². The normalized spacial score (nSPS) is 16.2. The van der Waals surface area contributed by atoms with E-state index in [-0.39, 0.29) is 28.9 Å². The summed E-state index contributed by atoms with van der Waals surface area (Å²) in [5, 5.41) is 0.673. The van der Waals surface area contributed by atoms with E-state index >= 15 is 0 Å². The highest BCUT2D eigenvalue weighted by Gasteiger charge is 2.29. The quantitative estimate of drug-likeness (QED) is 0.565. The molecule has 0 aliphatic carbocycles. The number of carbonyl (C=O) groups is 2. The van der Waals surface area contributed by atoms with Gasteiger partial charge in [0.2, 0.25) is 11.8 Å². The van der Waals surface area contributed by atoms with Crippen molar-refractivity contribution in [2.45, 2.75) is 24.7 Å². The van der Waals surface area contributed by atoms with Crippen molar-refractivity contribution in [1.82, 2.24) is 4.90 Å². The van der Waals surface area contributed by atoms with E-state index in [0.717, 1.165) is 11.3 Å². The number of fused-ring (bicyclic) bond motifs is 1. The minimum atomic E-state index is -3.71. The molecule has 7 nitrogen and oxygen atoms in total. The van der Waals surface area contributed by atoms with Gasteiger partial charge in [-0.15, -0.1) is 0 Å². The lowest BCUT2D eigenvalue weighted by atomic mass is 10.2. The van der Waals surface area contributed by atoms with Gasteiger partial charge in [0.15, 0.2) is 9.84 Å². The average molecular weight is 555 g/mol. The van der Waals surface area contributed by atoms with Crippen LogP contribution in [0.4, 0.5) is 11.4 Å². The van der Waals surface area contributed by atoms with Gasteiger partial charge in [0.05, 0.1) is 21.4 Å². The van der Waals surface area contributed by atoms with Crippen LogP contribution in [-0.4, -0.2) is 63.6 Å². The number of amides is 2. The molecule has 1 fully saturated rings. The summed E-state index contributed by atoms with van der Waals surface area (Å²) in [5.74, 6) is -0.584. The Balaban J connectivity index is 1.39. The molecule has 33 heavy (non-hydrogen) atoms. The summed E-state index contributed by atoms with van der Waals surface area (Å²) < 4.78 is 26.6. The standard InChI is InChI=1S/C23H25BrClN3O4S/c1-16(29)28-8-6-17-14-18(24)22(15-21(17)28)33(31,32)13-7-23(30)27-11-9-26(10-12-27)20-5-3-2-4-19(20)25/h2-5,14-15H,6-13H2,1H3. The molecule has 2 amide bonds. The number of sulfone groups is 1. The minimum absolute atomic E-state index is 0.0889. The van der Waals surface area contributed by atoms with Gasteiger partial charge >= 0.3 is 0 Å². The highest BCUT2D eigenvalue weighted by Crippen LogP contribution is 2.36. The molecule has 0 bridgehead atoms. The van der Waals surface area contributed by atoms with Crippen LogP contribution in [0.15, 0.2) is 45.8 Å². The SMILES string of the molecule is CC(=O)N1CCc2cc(Br)c(S(=O)(=O)CCC(=O)N3CCN(c4ccccc4Cl)CC3)cc21. The van der Waals surface area contributed by atoms with Crippen LogP contribution in [0.25, 0.3) is 0 Å². The van der Waals surface area contributed by atoms with E-state index in [1.807, 2.05) is 24.3 Å². The summed E-state index contributed by atoms with van der Waals surface area (Å²) in [6, 6.07) is 10.9. The Morgan fingerprint density at radius 3 is 2.39 bits per heavy atom. The topological polar surface area (TPSA) is 78.0 Å². The largest absolute Gasteiger partial charge is 0.367 e. The third-order valence-electron chi connectivity index (χ3n) is 6.15. The zero-order chi connectivity index (χ0) is 23.8. The van der Waals surface area contributed by atoms with Crippen molar-refractivity contribution in [2.75, 3.05) is 48.3 Å². The van der Waals surface area contributed by atoms with Crippen LogP contribution in [0.1, 0.15) is 18.9 Å². The van der Waals surface area contributed by atoms with Gasteiger partial charge in [-0.2, -0.15) is 0 Å². The van der Waals surface area contributed by atoms with Gasteiger partial charge < -0.3 is 14.7 Å². The first kappa shape index (κ1) is 24.0. The number of para-hydroxylation sites is 1. The van der Waals surface area contributed by atoms with Gasteiger partial charge in [0, 0.05) is 56.2 Å². The van der Waals surface area contributed by atoms with Gasteiger partial charge in [0.1, 0.15) is 0 Å². The summed E-state index contributed by atoms with van der Waals surface area (Å²) in [6.07, 6.45) is 0.598. The van der Waals surface area contributed by atoms with E-state index < -0.39 is 9.84 Å². The number of benzene rings is 2. The molecule has 0 saturated carbocycles. The fourth-order valence-electron chi connectivity index (χ4n) is 4.35. The number of hydrogen-bond acceptors (Lipinski definition) is 5. The molecule has 176 valence electrons. The smallest absolute Gasteiger partial charge is 0.223 e. The highest BCUT2D eigenvalue weighted by molar-refractivity contribution is 9.10. The summed E-state index contributed by atoms with van der Waals surface area (Å²) in [5.41, 5.74) is 2.50. The molecule has 10 heteroatoms. The van der Waals surface area contributed by atoms with Crippen molar-refractivity contribution in [3.05, 3.63) is 51.5 Å². The maximum Gasteiger partial charge on any atom is 0.223 e. The molecule has 0 atom stereocenters. The molecule has 2 aromatic carbocycles. The minimum Gasteiger partial charge on any atom is -0.367 e. The lowest BCUT2D eigenvalue weighted by Gasteiger charge is -2.36. The number of piperazine rings is 1. The summed E-state index contributed by atoms with van der Waals surface area (Å²) >= 11 is 9.64. The number of hydrogen-bond donors (Lipinski definition) is 0. The molecule has 2 heterocycles. The van der Waals surface area contributed by atoms with Crippen LogP contribution >= 0.6 is 27.5 Å². The first-order chi connectivity index (χ1) is 15.7. The van der Waals surface area contributed by atoms with Crippen LogP contribution in [0.5, 0.6) is 0 Å². The molecular weight excluding hydrogens is 530 g/mol. The predicted molar refractivity (Wildman–Crippen MR) is 133 cm³/mol. The zero-order valence-corrected chi connectivity index (χ0v) is 21.4. The molecule has 0 spiro atoms. The first-order valence-electron chi connectivity index (χ1n) is 10.8. The fourth-order valence-corrected chi connectivity index (χ4v) is 7.04. The molecular formula is C23H25BrClN3O4S. The van der Waals surface area contributed by atoms with E-state index in [9.17, 15) is 18.0 Å². The monoisotopic (exact) mass is 553 g/mol. The molecule has 1 saturated heterocycles. The van der Waals surface area contributed by atoms with E-state index in [1.165, 1.54) is 6.92 Å². The van der Waals surface area contributed by atoms with Gasteiger partial charge in [0.25, 0.3) is 0 Å². The lowest BCUT2D eigenvalue weighted by molar-refractivity contribution is -0.131. The number of rotatable bonds is 5. The van der Waals surface area contributed by atoms with Crippen LogP contribution in [0, 0.1) is 0 Å². The molecule has 4 rings (SSSR count). The van der Waals surface area contributed by atoms with Gasteiger partial charge in [-0.1, -0.05) is 23.7 Å². The molecule has 0 radical (unpaired) electrons. The van der Waals surface area contributed by atoms with E-state index in [4.69, 9.17) is 11.6 Å². The second kappa shape index (κ2) is 9.64. The van der Waals surface area contributed by atoms with Crippen molar-refractivity contribution in [3.63, 3.8) is 0 Å². The Kier molecular flexibility index (Phi) is 7.02. The van der Waals surface area contributed by atoms with Crippen LogP contribution in [0.3, 0.4) is 0 Å². The highest BCUT2D eigenvalue weighted by atomic mass is 79.9. The van der Waals surface area contributed by atoms with Gasteiger partial charge in [-0.25, -0.2) is 8.42 Å². The Bertz CT molecular complexity index is 1200. The Hall–Kier alpha value is -2.10. The summed E-state index contributed by atoms with van der Waals surface area (Å²) in [4.78, 5) is 30.2. The second-order valence-electron chi connectivity index (χ2n) is 8.22. The van der Waals surface area contributed by atoms with Crippen molar-refractivity contribution in [2.24, 2.45) is 0 Å². The van der Waals surface area contributed by atoms with Crippen molar-refractivity contribution in [1.29, 1.82) is 0 Å². The number of anilines is 2. The molecule has 0 N–H and O–H groups in total. The van der Waals surface area contributed by atoms with Crippen molar-refractivity contribution < 1.29 is 18.0 Å². The zero-order valence-electron chi connectivity index (χ0n) is 18.3. The molecule has 0 aromatic heterocycles. The van der Waals surface area contributed by atoms with E-state index in [1.54, 1.807) is 21.9 Å². The van der Waals surface area contributed by atoms with Crippen LogP contribution in [-0.2, 0) is 25.8 Å². The molecule has 2 aliphatic rings. The Morgan fingerprint density at radius 2 is 1.73 bits per heavy atom. The van der Waals surface area contributed by atoms with E-state index in [0.29, 0.717) is 54.3 Å². The molecule has 0 unspecified atom stereocenters. The molecule has 2 aliphatic heterocycles. The van der Waals surface area contributed by atoms with Crippen LogP contribution < -0.4 is 9.80 Å². The predicted octanol–water partition coefficient (Wildman–Crippen LogP) is 3.52. The maximum absolute atomic E-state index is 13.1. The Morgan fingerprint density at radius 1 is 1.03 bits per heavy atom. The summed E-state index contributed by atoms with van der Waals surface area (Å²) in [6.45, 7) is 4.31. The Labute approximate surface area is 207 Å². The second-order valence-corrected chi connectivity index (χ2v) is 11.6.